The number of nitrogens with zero attached hydrogens (tertiary/aromatic N) is 1. The Balaban J connectivity index is 2.19. The molecular formula is C29H39NSi2. The third-order valence-corrected chi connectivity index (χ3v) is 7.53. The van der Waals surface area contributed by atoms with Crippen LogP contribution in [0.1, 0.15) is 52.8 Å². The van der Waals surface area contributed by atoms with Gasteiger partial charge in [0.15, 0.2) is 0 Å². The van der Waals surface area contributed by atoms with E-state index in [1.165, 1.54) is 38.9 Å². The summed E-state index contributed by atoms with van der Waals surface area (Å²) in [6.45, 7) is 21.5. The lowest BCUT2D eigenvalue weighted by molar-refractivity contribution is 0.275. The third-order valence-electron chi connectivity index (χ3n) is 5.78. The van der Waals surface area contributed by atoms with Crippen molar-refractivity contribution < 1.29 is 0 Å². The van der Waals surface area contributed by atoms with Gasteiger partial charge in [-0.15, -0.1) is 11.1 Å². The van der Waals surface area contributed by atoms with Gasteiger partial charge in [-0.25, -0.2) is 0 Å². The number of fused-ring (bicyclic) bond motifs is 1. The van der Waals surface area contributed by atoms with Crippen LogP contribution in [0.5, 0.6) is 0 Å². The van der Waals surface area contributed by atoms with Crippen LogP contribution in [0.4, 0.5) is 0 Å². The fraction of sp³-hybridized carbons (Fsp3) is 0.448. The molecule has 3 rings (SSSR count). The van der Waals surface area contributed by atoms with Crippen LogP contribution in [0.2, 0.25) is 39.3 Å². The van der Waals surface area contributed by atoms with Crippen LogP contribution in [-0.2, 0) is 32.5 Å². The fourth-order valence-corrected chi connectivity index (χ4v) is 5.36. The average Bonchev–Trinajstić information content (AvgIpc) is 3.12. The first kappa shape index (κ1) is 24.6. The van der Waals surface area contributed by atoms with Crippen LogP contribution >= 0.6 is 0 Å². The maximum atomic E-state index is 3.71. The zero-order valence-electron chi connectivity index (χ0n) is 21.4. The van der Waals surface area contributed by atoms with Crippen molar-refractivity contribution in [2.45, 2.75) is 85.6 Å². The first-order valence-electron chi connectivity index (χ1n) is 12.0. The summed E-state index contributed by atoms with van der Waals surface area (Å²) in [4.78, 5) is 2.57. The van der Waals surface area contributed by atoms with E-state index < -0.39 is 16.1 Å². The normalized spacial score (nSPS) is 13.8. The van der Waals surface area contributed by atoms with Crippen LogP contribution < -0.4 is 0 Å². The molecule has 1 heterocycles. The van der Waals surface area contributed by atoms with Gasteiger partial charge in [0.25, 0.3) is 0 Å². The van der Waals surface area contributed by atoms with Gasteiger partial charge in [-0.1, -0.05) is 95.3 Å². The molecule has 0 spiro atoms. The summed E-state index contributed by atoms with van der Waals surface area (Å²) >= 11 is 0. The van der Waals surface area contributed by atoms with Gasteiger partial charge in [0.1, 0.15) is 16.1 Å². The van der Waals surface area contributed by atoms with Gasteiger partial charge in [0.05, 0.1) is 0 Å². The molecule has 0 atom stereocenters. The van der Waals surface area contributed by atoms with Crippen LogP contribution in [0.15, 0.2) is 30.3 Å². The molecule has 0 saturated carbocycles. The molecule has 168 valence electrons. The van der Waals surface area contributed by atoms with Gasteiger partial charge >= 0.3 is 0 Å². The van der Waals surface area contributed by atoms with Crippen molar-refractivity contribution in [3.63, 3.8) is 0 Å². The van der Waals surface area contributed by atoms with E-state index in [0.717, 1.165) is 32.5 Å². The highest BCUT2D eigenvalue weighted by atomic mass is 28.3. The van der Waals surface area contributed by atoms with Gasteiger partial charge in [-0.05, 0) is 40.7 Å². The highest BCUT2D eigenvalue weighted by Crippen LogP contribution is 2.36. The summed E-state index contributed by atoms with van der Waals surface area (Å²) in [6, 6.07) is 10.8. The van der Waals surface area contributed by atoms with Crippen molar-refractivity contribution in [1.29, 1.82) is 0 Å². The summed E-state index contributed by atoms with van der Waals surface area (Å²) in [7, 11) is -2.93. The molecule has 0 unspecified atom stereocenters. The molecule has 3 heteroatoms. The van der Waals surface area contributed by atoms with Crippen molar-refractivity contribution in [3.8, 4) is 22.9 Å². The molecule has 0 N–H and O–H groups in total. The first-order chi connectivity index (χ1) is 15.0. The second-order valence-electron chi connectivity index (χ2n) is 11.0. The minimum atomic E-state index is -1.46. The minimum Gasteiger partial charge on any atom is -0.290 e. The van der Waals surface area contributed by atoms with Crippen molar-refractivity contribution in [2.75, 3.05) is 0 Å². The number of benzene rings is 2. The number of rotatable bonds is 4. The van der Waals surface area contributed by atoms with Gasteiger partial charge < -0.3 is 0 Å². The first-order valence-corrected chi connectivity index (χ1v) is 19.0. The molecule has 0 saturated heterocycles. The topological polar surface area (TPSA) is 3.24 Å². The maximum absolute atomic E-state index is 3.71. The molecule has 0 amide bonds. The van der Waals surface area contributed by atoms with E-state index in [0.29, 0.717) is 0 Å². The van der Waals surface area contributed by atoms with Gasteiger partial charge in [0.2, 0.25) is 0 Å². The summed E-state index contributed by atoms with van der Waals surface area (Å²) in [6.07, 6.45) is 2.04. The zero-order valence-corrected chi connectivity index (χ0v) is 23.4. The molecule has 2 aromatic carbocycles. The second-order valence-corrected chi connectivity index (χ2v) is 20.5. The van der Waals surface area contributed by atoms with Crippen molar-refractivity contribution in [2.24, 2.45) is 0 Å². The molecule has 0 aromatic heterocycles. The number of hydrogen-bond donors (Lipinski definition) is 0. The highest BCUT2D eigenvalue weighted by Gasteiger charge is 2.28. The molecule has 1 nitrogen and oxygen atoms in total. The molecular weight excluding hydrogens is 418 g/mol. The Morgan fingerprint density at radius 3 is 1.53 bits per heavy atom. The minimum absolute atomic E-state index is 0.971. The predicted molar refractivity (Wildman–Crippen MR) is 145 cm³/mol. The maximum Gasteiger partial charge on any atom is 0.129 e. The average molecular weight is 458 g/mol. The largest absolute Gasteiger partial charge is 0.290 e. The lowest BCUT2D eigenvalue weighted by atomic mass is 9.86. The van der Waals surface area contributed by atoms with Gasteiger partial charge in [0, 0.05) is 30.8 Å². The highest BCUT2D eigenvalue weighted by molar-refractivity contribution is 6.84. The molecule has 1 aliphatic heterocycles. The van der Waals surface area contributed by atoms with Crippen molar-refractivity contribution in [3.05, 3.63) is 69.3 Å². The predicted octanol–water partition coefficient (Wildman–Crippen LogP) is 6.79. The number of hydrogen-bond acceptors (Lipinski definition) is 1. The standard InChI is InChI=1S/C29H39NSi2/c1-9-24-25(10-2)27(17-19-32(6,7)8)29-22-30(20-23-14-12-11-13-15-23)21-28(29)26(24)16-18-31(3,4)5/h11-15H,9-10,20-22H2,1-8H3. The smallest absolute Gasteiger partial charge is 0.129 e. The van der Waals surface area contributed by atoms with Crippen molar-refractivity contribution >= 4 is 16.1 Å². The lowest BCUT2D eigenvalue weighted by Gasteiger charge is -2.18. The van der Waals surface area contributed by atoms with E-state index in [9.17, 15) is 0 Å². The molecule has 0 bridgehead atoms. The molecule has 0 aliphatic carbocycles. The van der Waals surface area contributed by atoms with Crippen molar-refractivity contribution in [1.82, 2.24) is 4.90 Å². The van der Waals surface area contributed by atoms with Crippen LogP contribution in [-0.4, -0.2) is 21.0 Å². The molecule has 0 fully saturated rings. The molecule has 2 aromatic rings. The van der Waals surface area contributed by atoms with E-state index in [2.05, 4.69) is 111 Å². The Morgan fingerprint density at radius 2 is 1.16 bits per heavy atom. The summed E-state index contributed by atoms with van der Waals surface area (Å²) in [5, 5.41) is 0. The van der Waals surface area contributed by atoms with E-state index in [-0.39, 0.29) is 0 Å². The van der Waals surface area contributed by atoms with Gasteiger partial charge in [-0.3, -0.25) is 4.90 Å². The molecule has 1 aliphatic rings. The quantitative estimate of drug-likeness (QED) is 0.361. The summed E-state index contributed by atoms with van der Waals surface area (Å²) < 4.78 is 0. The monoisotopic (exact) mass is 457 g/mol. The SMILES string of the molecule is CCc1c(C#C[Si](C)(C)C)c2c(c(C#C[Si](C)(C)C)c1CC)CN(Cc1ccccc1)C2. The summed E-state index contributed by atoms with van der Waals surface area (Å²) in [5.74, 6) is 7.42. The lowest BCUT2D eigenvalue weighted by Crippen LogP contribution is -2.17. The Labute approximate surface area is 198 Å². The Kier molecular flexibility index (Phi) is 7.56. The fourth-order valence-electron chi connectivity index (χ4n) is 4.36. The zero-order chi connectivity index (χ0) is 23.5. The van der Waals surface area contributed by atoms with E-state index in [4.69, 9.17) is 0 Å². The molecule has 0 radical (unpaired) electrons. The third kappa shape index (κ3) is 6.05. The molecule has 32 heavy (non-hydrogen) atoms. The van der Waals surface area contributed by atoms with Crippen LogP contribution in [0.3, 0.4) is 0 Å². The second kappa shape index (κ2) is 9.84. The van der Waals surface area contributed by atoms with E-state index >= 15 is 0 Å². The summed E-state index contributed by atoms with van der Waals surface area (Å²) in [5.41, 5.74) is 17.1. The Morgan fingerprint density at radius 1 is 0.719 bits per heavy atom. The van der Waals surface area contributed by atoms with Gasteiger partial charge in [-0.2, -0.15) is 0 Å². The Hall–Kier alpha value is -2.05. The Bertz CT molecular complexity index is 1030. The van der Waals surface area contributed by atoms with Crippen LogP contribution in [0, 0.1) is 22.9 Å². The van der Waals surface area contributed by atoms with E-state index in [1.54, 1.807) is 0 Å². The van der Waals surface area contributed by atoms with E-state index in [1.807, 2.05) is 0 Å². The van der Waals surface area contributed by atoms with Crippen LogP contribution in [0.25, 0.3) is 0 Å².